The lowest BCUT2D eigenvalue weighted by molar-refractivity contribution is -0.113. The normalized spacial score (nSPS) is 10.3. The van der Waals surface area contributed by atoms with Crippen molar-refractivity contribution in [1.29, 1.82) is 0 Å². The number of ketones is 2. The molecule has 0 bridgehead atoms. The van der Waals surface area contributed by atoms with Gasteiger partial charge in [-0.25, -0.2) is 0 Å². The zero-order chi connectivity index (χ0) is 14.0. The molecule has 0 aliphatic carbocycles. The standard InChI is InChI=1S/C17H16O2/c1-11-4-5-16(10-12(11)2)14-6-8-15(9-7-14)17(19)13(3)18/h4-10H,1-3H3. The Hall–Kier alpha value is -2.22. The van der Waals surface area contributed by atoms with E-state index in [1.807, 2.05) is 12.1 Å². The number of hydrogen-bond donors (Lipinski definition) is 0. The Morgan fingerprint density at radius 2 is 1.37 bits per heavy atom. The number of hydrogen-bond acceptors (Lipinski definition) is 2. The SMILES string of the molecule is CC(=O)C(=O)c1ccc(-c2ccc(C)c(C)c2)cc1. The van der Waals surface area contributed by atoms with Gasteiger partial charge in [0.25, 0.3) is 0 Å². The molecule has 0 aliphatic heterocycles. The molecule has 2 rings (SSSR count). The van der Waals surface area contributed by atoms with E-state index < -0.39 is 11.6 Å². The maximum atomic E-state index is 11.5. The highest BCUT2D eigenvalue weighted by atomic mass is 16.2. The molecule has 0 atom stereocenters. The molecule has 2 nitrogen and oxygen atoms in total. The molecule has 2 heteroatoms. The fourth-order valence-corrected chi connectivity index (χ4v) is 1.94. The van der Waals surface area contributed by atoms with Crippen molar-refractivity contribution < 1.29 is 9.59 Å². The molecule has 0 heterocycles. The van der Waals surface area contributed by atoms with Crippen LogP contribution in [0.5, 0.6) is 0 Å². The lowest BCUT2D eigenvalue weighted by Crippen LogP contribution is -2.09. The highest BCUT2D eigenvalue weighted by molar-refractivity contribution is 6.42. The summed E-state index contributed by atoms with van der Waals surface area (Å²) < 4.78 is 0. The van der Waals surface area contributed by atoms with E-state index in [0.29, 0.717) is 5.56 Å². The van der Waals surface area contributed by atoms with Gasteiger partial charge in [0.05, 0.1) is 0 Å². The van der Waals surface area contributed by atoms with Crippen molar-refractivity contribution in [3.05, 3.63) is 59.2 Å². The number of carbonyl (C=O) groups is 2. The predicted octanol–water partition coefficient (Wildman–Crippen LogP) is 3.74. The first-order chi connectivity index (χ1) is 8.99. The topological polar surface area (TPSA) is 34.1 Å². The van der Waals surface area contributed by atoms with E-state index in [0.717, 1.165) is 11.1 Å². The molecule has 0 radical (unpaired) electrons. The fraction of sp³-hybridized carbons (Fsp3) is 0.176. The summed E-state index contributed by atoms with van der Waals surface area (Å²) in [6.07, 6.45) is 0. The average Bonchev–Trinajstić information content (AvgIpc) is 2.41. The van der Waals surface area contributed by atoms with E-state index in [1.54, 1.807) is 12.1 Å². The number of Topliss-reactive ketones (excluding diaryl/α,β-unsaturated/α-hetero) is 2. The van der Waals surface area contributed by atoms with Gasteiger partial charge in [0.1, 0.15) is 0 Å². The molecule has 0 fully saturated rings. The Morgan fingerprint density at radius 3 is 1.89 bits per heavy atom. The van der Waals surface area contributed by atoms with Crippen LogP contribution in [0.3, 0.4) is 0 Å². The quantitative estimate of drug-likeness (QED) is 0.616. The van der Waals surface area contributed by atoms with E-state index in [4.69, 9.17) is 0 Å². The molecule has 0 saturated heterocycles. The van der Waals surface area contributed by atoms with E-state index in [1.165, 1.54) is 18.1 Å². The lowest BCUT2D eigenvalue weighted by Gasteiger charge is -2.06. The van der Waals surface area contributed by atoms with Gasteiger partial charge in [-0.15, -0.1) is 0 Å². The molecule has 2 aromatic carbocycles. The molecular formula is C17H16O2. The van der Waals surface area contributed by atoms with Crippen molar-refractivity contribution in [3.63, 3.8) is 0 Å². The highest BCUT2D eigenvalue weighted by Gasteiger charge is 2.10. The van der Waals surface area contributed by atoms with Gasteiger partial charge in [-0.1, -0.05) is 42.5 Å². The van der Waals surface area contributed by atoms with Crippen LogP contribution in [0.1, 0.15) is 28.4 Å². The van der Waals surface area contributed by atoms with E-state index in [-0.39, 0.29) is 0 Å². The molecule has 0 aliphatic rings. The van der Waals surface area contributed by atoms with Gasteiger partial charge in [-0.3, -0.25) is 9.59 Å². The van der Waals surface area contributed by atoms with Crippen molar-refractivity contribution in [2.45, 2.75) is 20.8 Å². The number of rotatable bonds is 3. The molecule has 96 valence electrons. The predicted molar refractivity (Wildman–Crippen MR) is 76.4 cm³/mol. The summed E-state index contributed by atoms with van der Waals surface area (Å²) >= 11 is 0. The smallest absolute Gasteiger partial charge is 0.228 e. The molecule has 0 spiro atoms. The van der Waals surface area contributed by atoms with Crippen molar-refractivity contribution in [2.24, 2.45) is 0 Å². The zero-order valence-electron chi connectivity index (χ0n) is 11.4. The van der Waals surface area contributed by atoms with Crippen LogP contribution in [0.25, 0.3) is 11.1 Å². The van der Waals surface area contributed by atoms with Gasteiger partial charge in [-0.2, -0.15) is 0 Å². The van der Waals surface area contributed by atoms with Crippen LogP contribution in [0.4, 0.5) is 0 Å². The van der Waals surface area contributed by atoms with Crippen molar-refractivity contribution >= 4 is 11.6 Å². The highest BCUT2D eigenvalue weighted by Crippen LogP contribution is 2.22. The summed E-state index contributed by atoms with van der Waals surface area (Å²) in [6, 6.07) is 13.4. The Kier molecular flexibility index (Phi) is 3.61. The minimum Gasteiger partial charge on any atom is -0.291 e. The fourth-order valence-electron chi connectivity index (χ4n) is 1.94. The largest absolute Gasteiger partial charge is 0.291 e. The van der Waals surface area contributed by atoms with Crippen LogP contribution in [-0.4, -0.2) is 11.6 Å². The minimum absolute atomic E-state index is 0.432. The summed E-state index contributed by atoms with van der Waals surface area (Å²) in [4.78, 5) is 22.6. The second-order valence-corrected chi connectivity index (χ2v) is 4.76. The Balaban J connectivity index is 2.34. The van der Waals surface area contributed by atoms with Crippen LogP contribution in [0.15, 0.2) is 42.5 Å². The average molecular weight is 252 g/mol. The molecule has 19 heavy (non-hydrogen) atoms. The third kappa shape index (κ3) is 2.79. The third-order valence-electron chi connectivity index (χ3n) is 3.31. The second kappa shape index (κ2) is 5.19. The Bertz CT molecular complexity index is 637. The van der Waals surface area contributed by atoms with Crippen molar-refractivity contribution in [1.82, 2.24) is 0 Å². The summed E-state index contributed by atoms with van der Waals surface area (Å²) in [7, 11) is 0. The van der Waals surface area contributed by atoms with E-state index in [2.05, 4.69) is 32.0 Å². The molecule has 0 amide bonds. The minimum atomic E-state index is -0.438. The Labute approximate surface area is 113 Å². The molecule has 0 aromatic heterocycles. The Morgan fingerprint density at radius 1 is 0.789 bits per heavy atom. The lowest BCUT2D eigenvalue weighted by atomic mass is 9.98. The monoisotopic (exact) mass is 252 g/mol. The van der Waals surface area contributed by atoms with Gasteiger partial charge in [0.15, 0.2) is 5.78 Å². The zero-order valence-corrected chi connectivity index (χ0v) is 11.4. The maximum Gasteiger partial charge on any atom is 0.228 e. The van der Waals surface area contributed by atoms with Crippen molar-refractivity contribution in [3.8, 4) is 11.1 Å². The number of aryl methyl sites for hydroxylation is 2. The van der Waals surface area contributed by atoms with Crippen LogP contribution < -0.4 is 0 Å². The van der Waals surface area contributed by atoms with E-state index in [9.17, 15) is 9.59 Å². The van der Waals surface area contributed by atoms with Gasteiger partial charge in [0, 0.05) is 12.5 Å². The maximum absolute atomic E-state index is 11.5. The van der Waals surface area contributed by atoms with Crippen LogP contribution in [0, 0.1) is 13.8 Å². The first kappa shape index (κ1) is 13.2. The molecular weight excluding hydrogens is 236 g/mol. The van der Waals surface area contributed by atoms with Crippen LogP contribution in [0.2, 0.25) is 0 Å². The summed E-state index contributed by atoms with van der Waals surface area (Å²) in [5.74, 6) is -0.870. The first-order valence-corrected chi connectivity index (χ1v) is 6.22. The number of carbonyl (C=O) groups excluding carboxylic acids is 2. The third-order valence-corrected chi connectivity index (χ3v) is 3.31. The summed E-state index contributed by atoms with van der Waals surface area (Å²) in [5.41, 5.74) is 5.10. The molecule has 2 aromatic rings. The number of benzene rings is 2. The molecule has 0 N–H and O–H groups in total. The van der Waals surface area contributed by atoms with Gasteiger partial charge < -0.3 is 0 Å². The van der Waals surface area contributed by atoms with Crippen LogP contribution >= 0.6 is 0 Å². The van der Waals surface area contributed by atoms with Gasteiger partial charge >= 0.3 is 0 Å². The van der Waals surface area contributed by atoms with Gasteiger partial charge in [0.2, 0.25) is 5.78 Å². The molecule has 0 unspecified atom stereocenters. The second-order valence-electron chi connectivity index (χ2n) is 4.76. The summed E-state index contributed by atoms with van der Waals surface area (Å²) in [6.45, 7) is 5.44. The summed E-state index contributed by atoms with van der Waals surface area (Å²) in [5, 5.41) is 0. The van der Waals surface area contributed by atoms with Crippen LogP contribution in [-0.2, 0) is 4.79 Å². The molecule has 0 saturated carbocycles. The van der Waals surface area contributed by atoms with Gasteiger partial charge in [-0.05, 0) is 36.1 Å². The van der Waals surface area contributed by atoms with E-state index >= 15 is 0 Å². The van der Waals surface area contributed by atoms with Crippen molar-refractivity contribution in [2.75, 3.05) is 0 Å². The first-order valence-electron chi connectivity index (χ1n) is 6.22.